The summed E-state index contributed by atoms with van der Waals surface area (Å²) in [4.78, 5) is 9.09. The van der Waals surface area contributed by atoms with Gasteiger partial charge in [0.2, 0.25) is 0 Å². The van der Waals surface area contributed by atoms with Crippen molar-refractivity contribution in [2.45, 2.75) is 6.92 Å². The number of aromatic nitrogens is 1. The average molecular weight is 192 g/mol. The van der Waals surface area contributed by atoms with Crippen LogP contribution in [0.15, 0.2) is 12.3 Å². The van der Waals surface area contributed by atoms with Crippen LogP contribution in [-0.4, -0.2) is 18.6 Å². The van der Waals surface area contributed by atoms with E-state index in [0.29, 0.717) is 23.6 Å². The Labute approximate surface area is 82.7 Å². The number of hydroxylamine groups is 1. The molecule has 0 fully saturated rings. The molecule has 0 bridgehead atoms. The largest absolute Gasteiger partial charge is 0.397 e. The van der Waals surface area contributed by atoms with Crippen LogP contribution in [0.25, 0.3) is 0 Å². The Morgan fingerprint density at radius 1 is 1.71 bits per heavy atom. The lowest BCUT2D eigenvalue weighted by Gasteiger charge is -2.19. The normalized spacial score (nSPS) is 9.50. The molecular formula is C9H12N4O. The van der Waals surface area contributed by atoms with Crippen LogP contribution >= 0.6 is 0 Å². The van der Waals surface area contributed by atoms with Crippen LogP contribution in [0, 0.1) is 11.3 Å². The second-order valence-electron chi connectivity index (χ2n) is 2.63. The third-order valence-electron chi connectivity index (χ3n) is 1.75. The van der Waals surface area contributed by atoms with Crippen LogP contribution in [0.4, 0.5) is 11.5 Å². The smallest absolute Gasteiger partial charge is 0.170 e. The number of nitriles is 1. The Balaban J connectivity index is 3.14. The fraction of sp³-hybridized carbons (Fsp3) is 0.333. The van der Waals surface area contributed by atoms with Gasteiger partial charge >= 0.3 is 0 Å². The highest BCUT2D eigenvalue weighted by Crippen LogP contribution is 2.18. The standard InChI is InChI=1S/C9H12N4O/c1-3-13(14-2)9-7(5-10)4-8(11)6-12-9/h4,6H,3,11H2,1-2H3. The highest BCUT2D eigenvalue weighted by molar-refractivity contribution is 5.57. The molecule has 1 aromatic heterocycles. The fourth-order valence-corrected chi connectivity index (χ4v) is 1.12. The highest BCUT2D eigenvalue weighted by Gasteiger charge is 2.10. The second kappa shape index (κ2) is 4.44. The van der Waals surface area contributed by atoms with Crippen LogP contribution < -0.4 is 10.8 Å². The number of hydrogen-bond donors (Lipinski definition) is 1. The maximum absolute atomic E-state index is 8.86. The molecule has 0 spiro atoms. The summed E-state index contributed by atoms with van der Waals surface area (Å²) >= 11 is 0. The van der Waals surface area contributed by atoms with E-state index in [4.69, 9.17) is 15.8 Å². The van der Waals surface area contributed by atoms with Gasteiger partial charge in [0, 0.05) is 6.54 Å². The fourth-order valence-electron chi connectivity index (χ4n) is 1.12. The molecule has 1 rings (SSSR count). The van der Waals surface area contributed by atoms with E-state index in [2.05, 4.69) is 4.98 Å². The molecule has 5 heteroatoms. The Morgan fingerprint density at radius 3 is 2.93 bits per heavy atom. The zero-order valence-corrected chi connectivity index (χ0v) is 8.19. The lowest BCUT2D eigenvalue weighted by Crippen LogP contribution is -2.23. The van der Waals surface area contributed by atoms with Crippen molar-refractivity contribution in [2.75, 3.05) is 24.5 Å². The van der Waals surface area contributed by atoms with Gasteiger partial charge in [0.05, 0.1) is 24.6 Å². The summed E-state index contributed by atoms with van der Waals surface area (Å²) in [5.74, 6) is 0.492. The first kappa shape index (κ1) is 10.3. The molecule has 1 aromatic rings. The second-order valence-corrected chi connectivity index (χ2v) is 2.63. The maximum Gasteiger partial charge on any atom is 0.170 e. The van der Waals surface area contributed by atoms with Gasteiger partial charge in [0.15, 0.2) is 5.82 Å². The van der Waals surface area contributed by atoms with Crippen LogP contribution in [0.2, 0.25) is 0 Å². The third-order valence-corrected chi connectivity index (χ3v) is 1.75. The molecule has 14 heavy (non-hydrogen) atoms. The van der Waals surface area contributed by atoms with E-state index < -0.39 is 0 Å². The highest BCUT2D eigenvalue weighted by atomic mass is 16.7. The lowest BCUT2D eigenvalue weighted by molar-refractivity contribution is 0.168. The summed E-state index contributed by atoms with van der Waals surface area (Å²) in [5.41, 5.74) is 6.39. The van der Waals surface area contributed by atoms with E-state index in [1.807, 2.05) is 13.0 Å². The maximum atomic E-state index is 8.86. The summed E-state index contributed by atoms with van der Waals surface area (Å²) in [5, 5.41) is 10.4. The van der Waals surface area contributed by atoms with Gasteiger partial charge < -0.3 is 5.73 Å². The van der Waals surface area contributed by atoms with Crippen molar-refractivity contribution in [3.8, 4) is 6.07 Å². The third kappa shape index (κ3) is 1.92. The van der Waals surface area contributed by atoms with Crippen LogP contribution in [-0.2, 0) is 4.84 Å². The predicted octanol–water partition coefficient (Wildman–Crippen LogP) is 0.923. The first-order valence-electron chi connectivity index (χ1n) is 4.20. The van der Waals surface area contributed by atoms with Gasteiger partial charge in [0.1, 0.15) is 6.07 Å². The van der Waals surface area contributed by atoms with Crippen molar-refractivity contribution in [1.82, 2.24) is 4.98 Å². The van der Waals surface area contributed by atoms with E-state index in [-0.39, 0.29) is 0 Å². The topological polar surface area (TPSA) is 75.2 Å². The SMILES string of the molecule is CCN(OC)c1ncc(N)cc1C#N. The molecule has 0 aliphatic heterocycles. The lowest BCUT2D eigenvalue weighted by atomic mass is 10.2. The molecule has 0 aromatic carbocycles. The number of anilines is 2. The van der Waals surface area contributed by atoms with Crippen molar-refractivity contribution >= 4 is 11.5 Å². The first-order chi connectivity index (χ1) is 6.72. The van der Waals surface area contributed by atoms with Gasteiger partial charge in [-0.1, -0.05) is 0 Å². The zero-order chi connectivity index (χ0) is 10.6. The minimum absolute atomic E-state index is 0.411. The number of hydrogen-bond acceptors (Lipinski definition) is 5. The van der Waals surface area contributed by atoms with Crippen molar-refractivity contribution < 1.29 is 4.84 Å². The van der Waals surface area contributed by atoms with E-state index in [1.165, 1.54) is 18.4 Å². The molecular weight excluding hydrogens is 180 g/mol. The summed E-state index contributed by atoms with van der Waals surface area (Å²) in [7, 11) is 1.53. The van der Waals surface area contributed by atoms with E-state index in [9.17, 15) is 0 Å². The van der Waals surface area contributed by atoms with Crippen LogP contribution in [0.5, 0.6) is 0 Å². The Hall–Kier alpha value is -1.80. The summed E-state index contributed by atoms with van der Waals surface area (Å²) in [6.07, 6.45) is 1.50. The quantitative estimate of drug-likeness (QED) is 0.721. The van der Waals surface area contributed by atoms with Crippen molar-refractivity contribution in [3.63, 3.8) is 0 Å². The van der Waals surface area contributed by atoms with Crippen LogP contribution in [0.1, 0.15) is 12.5 Å². The molecule has 0 radical (unpaired) electrons. The minimum Gasteiger partial charge on any atom is -0.397 e. The molecule has 2 N–H and O–H groups in total. The Kier molecular flexibility index (Phi) is 3.26. The number of nitrogen functional groups attached to an aromatic ring is 1. The molecule has 74 valence electrons. The average Bonchev–Trinajstić information content (AvgIpc) is 2.21. The molecule has 0 amide bonds. The van der Waals surface area contributed by atoms with E-state index in [1.54, 1.807) is 6.07 Å². The first-order valence-corrected chi connectivity index (χ1v) is 4.20. The summed E-state index contributed by atoms with van der Waals surface area (Å²) in [6, 6.07) is 3.59. The van der Waals surface area contributed by atoms with Gasteiger partial charge in [-0.25, -0.2) is 10.0 Å². The van der Waals surface area contributed by atoms with Gasteiger partial charge in [-0.15, -0.1) is 0 Å². The molecule has 1 heterocycles. The van der Waals surface area contributed by atoms with E-state index >= 15 is 0 Å². The molecule has 0 atom stereocenters. The predicted molar refractivity (Wildman–Crippen MR) is 53.4 cm³/mol. The van der Waals surface area contributed by atoms with Gasteiger partial charge in [-0.2, -0.15) is 5.26 Å². The van der Waals surface area contributed by atoms with Gasteiger partial charge in [-0.3, -0.25) is 4.84 Å². The van der Waals surface area contributed by atoms with Gasteiger partial charge in [-0.05, 0) is 13.0 Å². The molecule has 5 nitrogen and oxygen atoms in total. The summed E-state index contributed by atoms with van der Waals surface area (Å²) in [6.45, 7) is 2.52. The van der Waals surface area contributed by atoms with Crippen molar-refractivity contribution in [1.29, 1.82) is 5.26 Å². The number of pyridine rings is 1. The van der Waals surface area contributed by atoms with Crippen molar-refractivity contribution in [3.05, 3.63) is 17.8 Å². The van der Waals surface area contributed by atoms with Crippen LogP contribution in [0.3, 0.4) is 0 Å². The Bertz CT molecular complexity index is 354. The number of nitrogens with zero attached hydrogens (tertiary/aromatic N) is 3. The molecule has 0 aliphatic carbocycles. The molecule has 0 saturated heterocycles. The summed E-state index contributed by atoms with van der Waals surface area (Å²) < 4.78 is 0. The van der Waals surface area contributed by atoms with Crippen molar-refractivity contribution in [2.24, 2.45) is 0 Å². The van der Waals surface area contributed by atoms with E-state index in [0.717, 1.165) is 0 Å². The van der Waals surface area contributed by atoms with Gasteiger partial charge in [0.25, 0.3) is 0 Å². The number of rotatable bonds is 3. The zero-order valence-electron chi connectivity index (χ0n) is 8.19. The minimum atomic E-state index is 0.411. The molecule has 0 saturated carbocycles. The molecule has 0 aliphatic rings. The monoisotopic (exact) mass is 192 g/mol. The number of nitrogens with two attached hydrogens (primary N) is 1. The Morgan fingerprint density at radius 2 is 2.43 bits per heavy atom. The molecule has 0 unspecified atom stereocenters.